The van der Waals surface area contributed by atoms with Crippen LogP contribution in [0.4, 0.5) is 0 Å². The molecule has 0 amide bonds. The molecule has 5 aromatic rings. The molecule has 0 aliphatic heterocycles. The third kappa shape index (κ3) is 3.71. The maximum atomic E-state index is 13.3. The lowest BCUT2D eigenvalue weighted by atomic mass is 10.2. The van der Waals surface area contributed by atoms with E-state index in [0.717, 1.165) is 10.4 Å². The summed E-state index contributed by atoms with van der Waals surface area (Å²) in [5, 5.41) is 6.27. The molecule has 0 saturated carbocycles. The van der Waals surface area contributed by atoms with Gasteiger partial charge >= 0.3 is 0 Å². The second kappa shape index (κ2) is 8.23. The zero-order valence-electron chi connectivity index (χ0n) is 16.2. The molecule has 156 valence electrons. The number of aromatic amines is 1. The van der Waals surface area contributed by atoms with Crippen LogP contribution in [0, 0.1) is 0 Å². The molecule has 0 spiro atoms. The first-order valence-electron chi connectivity index (χ1n) is 9.42. The van der Waals surface area contributed by atoms with Crippen LogP contribution in [0.25, 0.3) is 31.6 Å². The second-order valence-corrected chi connectivity index (χ2v) is 9.90. The number of halogens is 1. The average molecular weight is 487 g/mol. The number of hydrogen-bond donors (Lipinski definition) is 1. The highest BCUT2D eigenvalue weighted by molar-refractivity contribution is 7.98. The van der Waals surface area contributed by atoms with E-state index in [-0.39, 0.29) is 11.1 Å². The van der Waals surface area contributed by atoms with Crippen LogP contribution < -0.4 is 11.1 Å². The Balaban J connectivity index is 1.53. The topological polar surface area (TPSA) is 80.6 Å². The highest BCUT2D eigenvalue weighted by atomic mass is 35.5. The number of benzene rings is 1. The van der Waals surface area contributed by atoms with Crippen molar-refractivity contribution >= 4 is 67.2 Å². The van der Waals surface area contributed by atoms with Crippen LogP contribution in [0.15, 0.2) is 55.8 Å². The van der Waals surface area contributed by atoms with Crippen molar-refractivity contribution in [1.82, 2.24) is 19.5 Å². The van der Waals surface area contributed by atoms with Gasteiger partial charge in [0.25, 0.3) is 11.1 Å². The van der Waals surface area contributed by atoms with Crippen LogP contribution in [0.5, 0.6) is 0 Å². The largest absolute Gasteiger partial charge is 0.309 e. The van der Waals surface area contributed by atoms with Crippen molar-refractivity contribution < 1.29 is 0 Å². The Kier molecular flexibility index (Phi) is 5.43. The van der Waals surface area contributed by atoms with Gasteiger partial charge in [-0.2, -0.15) is 0 Å². The van der Waals surface area contributed by atoms with E-state index in [4.69, 9.17) is 16.6 Å². The Morgan fingerprint density at radius 2 is 2.06 bits per heavy atom. The summed E-state index contributed by atoms with van der Waals surface area (Å²) in [4.78, 5) is 39.5. The molecule has 31 heavy (non-hydrogen) atoms. The Bertz CT molecular complexity index is 1540. The van der Waals surface area contributed by atoms with Gasteiger partial charge < -0.3 is 4.98 Å². The van der Waals surface area contributed by atoms with Crippen molar-refractivity contribution in [2.45, 2.75) is 24.4 Å². The lowest BCUT2D eigenvalue weighted by molar-refractivity contribution is 0.635. The highest BCUT2D eigenvalue weighted by Gasteiger charge is 2.17. The number of thioether (sulfide) groups is 1. The van der Waals surface area contributed by atoms with Crippen molar-refractivity contribution in [3.63, 3.8) is 0 Å². The van der Waals surface area contributed by atoms with Gasteiger partial charge in [-0.3, -0.25) is 14.2 Å². The first-order valence-corrected chi connectivity index (χ1v) is 12.5. The van der Waals surface area contributed by atoms with E-state index in [1.165, 1.54) is 23.1 Å². The van der Waals surface area contributed by atoms with E-state index in [0.29, 0.717) is 49.4 Å². The van der Waals surface area contributed by atoms with Crippen molar-refractivity contribution in [3.05, 3.63) is 72.6 Å². The molecule has 10 heteroatoms. The Morgan fingerprint density at radius 3 is 2.84 bits per heavy atom. The molecule has 1 N–H and O–H groups in total. The van der Waals surface area contributed by atoms with Gasteiger partial charge in [0.2, 0.25) is 0 Å². The lowest BCUT2D eigenvalue weighted by Gasteiger charge is -2.10. The molecule has 6 nitrogen and oxygen atoms in total. The first kappa shape index (κ1) is 20.4. The van der Waals surface area contributed by atoms with E-state index in [1.54, 1.807) is 34.1 Å². The zero-order chi connectivity index (χ0) is 21.5. The second-order valence-electron chi connectivity index (χ2n) is 6.71. The minimum Gasteiger partial charge on any atom is -0.309 e. The number of H-pyrrole nitrogens is 1. The summed E-state index contributed by atoms with van der Waals surface area (Å²) >= 11 is 10.5. The molecule has 0 bridgehead atoms. The minimum atomic E-state index is -0.215. The van der Waals surface area contributed by atoms with Gasteiger partial charge in [-0.05, 0) is 36.6 Å². The highest BCUT2D eigenvalue weighted by Crippen LogP contribution is 2.34. The fourth-order valence-corrected chi connectivity index (χ4v) is 6.27. The molecule has 0 aliphatic carbocycles. The first-order chi connectivity index (χ1) is 15.0. The van der Waals surface area contributed by atoms with Crippen LogP contribution in [0.3, 0.4) is 0 Å². The summed E-state index contributed by atoms with van der Waals surface area (Å²) in [5.41, 5.74) is 1.21. The van der Waals surface area contributed by atoms with Gasteiger partial charge in [0, 0.05) is 27.4 Å². The smallest absolute Gasteiger partial charge is 0.263 e. The number of aromatic nitrogens is 4. The van der Waals surface area contributed by atoms with Gasteiger partial charge in [0.1, 0.15) is 10.7 Å². The van der Waals surface area contributed by atoms with E-state index in [1.807, 2.05) is 29.8 Å². The van der Waals surface area contributed by atoms with Gasteiger partial charge in [-0.25, -0.2) is 9.97 Å². The average Bonchev–Trinajstić information content (AvgIpc) is 3.41. The molecule has 1 aromatic carbocycles. The van der Waals surface area contributed by atoms with E-state index in [2.05, 4.69) is 9.97 Å². The fraction of sp³-hybridized carbons (Fsp3) is 0.143. The fourth-order valence-electron chi connectivity index (χ4n) is 3.37. The summed E-state index contributed by atoms with van der Waals surface area (Å²) in [5.74, 6) is 0.880. The minimum absolute atomic E-state index is 0.0496. The zero-order valence-corrected chi connectivity index (χ0v) is 19.4. The number of nitrogens with zero attached hydrogens (tertiary/aromatic N) is 3. The molecule has 5 rings (SSSR count). The quantitative estimate of drug-likeness (QED) is 0.266. The number of rotatable bonds is 5. The molecular formula is C21H15ClN4O2S3. The molecule has 4 heterocycles. The van der Waals surface area contributed by atoms with Crippen molar-refractivity contribution in [2.75, 3.05) is 0 Å². The molecule has 0 atom stereocenters. The maximum Gasteiger partial charge on any atom is 0.263 e. The van der Waals surface area contributed by atoms with E-state index < -0.39 is 0 Å². The maximum absolute atomic E-state index is 13.3. The molecule has 0 saturated heterocycles. The summed E-state index contributed by atoms with van der Waals surface area (Å²) in [6.07, 6.45) is 0. The van der Waals surface area contributed by atoms with Crippen LogP contribution >= 0.6 is 46.0 Å². The van der Waals surface area contributed by atoms with E-state index >= 15 is 0 Å². The summed E-state index contributed by atoms with van der Waals surface area (Å²) in [6, 6.07) is 8.99. The normalized spacial score (nSPS) is 11.5. The molecule has 0 aliphatic rings. The molecule has 4 aromatic heterocycles. The number of fused-ring (bicyclic) bond motifs is 2. The summed E-state index contributed by atoms with van der Waals surface area (Å²) in [7, 11) is 0. The molecular weight excluding hydrogens is 472 g/mol. The van der Waals surface area contributed by atoms with Crippen LogP contribution in [0.1, 0.15) is 12.7 Å². The summed E-state index contributed by atoms with van der Waals surface area (Å²) in [6.45, 7) is 2.43. The van der Waals surface area contributed by atoms with Gasteiger partial charge in [-0.1, -0.05) is 29.4 Å². The van der Waals surface area contributed by atoms with Gasteiger partial charge in [0.15, 0.2) is 5.16 Å². The van der Waals surface area contributed by atoms with E-state index in [9.17, 15) is 9.59 Å². The lowest BCUT2D eigenvalue weighted by Crippen LogP contribution is -2.22. The Hall–Kier alpha value is -2.46. The van der Waals surface area contributed by atoms with Gasteiger partial charge in [0.05, 0.1) is 22.0 Å². The van der Waals surface area contributed by atoms with Crippen LogP contribution in [0.2, 0.25) is 5.02 Å². The monoisotopic (exact) mass is 486 g/mol. The van der Waals surface area contributed by atoms with Crippen LogP contribution in [-0.4, -0.2) is 19.5 Å². The van der Waals surface area contributed by atoms with Crippen molar-refractivity contribution in [3.8, 4) is 10.4 Å². The summed E-state index contributed by atoms with van der Waals surface area (Å²) < 4.78 is 1.67. The predicted octanol–water partition coefficient (Wildman–Crippen LogP) is 5.39. The van der Waals surface area contributed by atoms with Crippen LogP contribution in [-0.2, 0) is 12.3 Å². The standard InChI is InChI=1S/C21H15ClN4O2S3/c1-2-26-20(28)17-13(15-4-3-7-29-15)9-30-19(17)25-21(26)31-10-16-23-14-8-11(22)5-6-12(14)18(27)24-16/h3-9H,2,10H2,1H3,(H,23,24,27). The predicted molar refractivity (Wildman–Crippen MR) is 130 cm³/mol. The molecule has 0 radical (unpaired) electrons. The third-order valence-electron chi connectivity index (χ3n) is 4.82. The van der Waals surface area contributed by atoms with Crippen molar-refractivity contribution in [1.29, 1.82) is 0 Å². The SMILES string of the molecule is CCn1c(SCc2nc3cc(Cl)ccc3c(=O)[nH]2)nc2scc(-c3cccs3)c2c1=O. The van der Waals surface area contributed by atoms with Gasteiger partial charge in [-0.15, -0.1) is 22.7 Å². The Labute approximate surface area is 193 Å². The number of hydrogen-bond acceptors (Lipinski definition) is 7. The number of nitrogens with one attached hydrogen (secondary N) is 1. The number of thiophene rings is 2. The molecule has 0 unspecified atom stereocenters. The van der Waals surface area contributed by atoms with Crippen molar-refractivity contribution in [2.24, 2.45) is 0 Å². The Morgan fingerprint density at radius 1 is 1.19 bits per heavy atom. The third-order valence-corrected chi connectivity index (χ3v) is 7.82. The molecule has 0 fully saturated rings.